The summed E-state index contributed by atoms with van der Waals surface area (Å²) in [6.07, 6.45) is -21.4. The summed E-state index contributed by atoms with van der Waals surface area (Å²) in [4.78, 5) is 0. The molecule has 392 valence electrons. The van der Waals surface area contributed by atoms with Crippen molar-refractivity contribution >= 4 is 0 Å². The van der Waals surface area contributed by atoms with Crippen molar-refractivity contribution in [2.24, 2.45) is 28.6 Å². The average Bonchev–Trinajstić information content (AvgIpc) is 3.60. The summed E-state index contributed by atoms with van der Waals surface area (Å²) in [5.41, 5.74) is -0.651. The van der Waals surface area contributed by atoms with Gasteiger partial charge >= 0.3 is 0 Å². The molecule has 4 heterocycles. The van der Waals surface area contributed by atoms with E-state index in [0.717, 1.165) is 12.8 Å². The number of methoxy groups -OCH3 is 1. The van der Waals surface area contributed by atoms with Crippen LogP contribution in [0.15, 0.2) is 11.6 Å². The predicted molar refractivity (Wildman–Crippen MR) is 228 cm³/mol. The summed E-state index contributed by atoms with van der Waals surface area (Å²) in [7, 11) is 1.39. The third-order valence-corrected chi connectivity index (χ3v) is 17.7. The third kappa shape index (κ3) is 9.17. The third-order valence-electron chi connectivity index (χ3n) is 17.7. The zero-order valence-corrected chi connectivity index (χ0v) is 39.3. The summed E-state index contributed by atoms with van der Waals surface area (Å²) < 4.78 is 53.2. The largest absolute Gasteiger partial charge is 0.394 e. The molecule has 4 aliphatic carbocycles. The van der Waals surface area contributed by atoms with Crippen LogP contribution >= 0.6 is 0 Å². The number of hydrogen-bond acceptors (Lipinski definition) is 22. The summed E-state index contributed by atoms with van der Waals surface area (Å²) in [5.74, 6) is -0.0767. The lowest BCUT2D eigenvalue weighted by Crippen LogP contribution is -2.64. The van der Waals surface area contributed by atoms with E-state index in [2.05, 4.69) is 19.9 Å². The van der Waals surface area contributed by atoms with Crippen LogP contribution in [0.5, 0.6) is 0 Å². The molecular formula is C46H76O22. The zero-order chi connectivity index (χ0) is 49.4. The normalized spacial score (nSPS) is 54.6. The highest BCUT2D eigenvalue weighted by Gasteiger charge is 2.67. The highest BCUT2D eigenvalue weighted by molar-refractivity contribution is 5.28. The van der Waals surface area contributed by atoms with E-state index in [1.807, 2.05) is 6.92 Å². The molecule has 0 amide bonds. The number of rotatable bonds is 13. The monoisotopic (exact) mass is 980 g/mol. The number of ether oxygens (including phenoxy) is 9. The Bertz CT molecular complexity index is 1730. The van der Waals surface area contributed by atoms with Crippen LogP contribution in [0.2, 0.25) is 0 Å². The zero-order valence-electron chi connectivity index (χ0n) is 39.3. The predicted octanol–water partition coefficient (Wildman–Crippen LogP) is -3.60. The van der Waals surface area contributed by atoms with E-state index in [1.165, 1.54) is 12.7 Å². The topological polar surface area (TPSA) is 346 Å². The molecule has 0 unspecified atom stereocenters. The fourth-order valence-electron chi connectivity index (χ4n) is 13.5. The fourth-order valence-corrected chi connectivity index (χ4v) is 13.5. The van der Waals surface area contributed by atoms with E-state index in [1.54, 1.807) is 6.92 Å². The Balaban J connectivity index is 0.883. The molecule has 7 fully saturated rings. The lowest BCUT2D eigenvalue weighted by molar-refractivity contribution is -0.361. The minimum Gasteiger partial charge on any atom is -0.394 e. The van der Waals surface area contributed by atoms with Gasteiger partial charge < -0.3 is 109 Å². The minimum atomic E-state index is -1.70. The van der Waals surface area contributed by atoms with Gasteiger partial charge in [0, 0.05) is 12.5 Å². The van der Waals surface area contributed by atoms with E-state index >= 15 is 0 Å². The Morgan fingerprint density at radius 1 is 0.632 bits per heavy atom. The van der Waals surface area contributed by atoms with Crippen LogP contribution in [0.4, 0.5) is 0 Å². The lowest BCUT2D eigenvalue weighted by Gasteiger charge is -2.61. The molecule has 3 saturated carbocycles. The Kier molecular flexibility index (Phi) is 16.1. The second-order valence-electron chi connectivity index (χ2n) is 21.2. The summed E-state index contributed by atoms with van der Waals surface area (Å²) in [5, 5.41) is 138. The molecule has 0 aromatic heterocycles. The SMILES string of the molecule is CO[C@@H]1[C@@H](O)[C@H](O[C@H]2CC[C@@]3(C)C(=CC[C@@H]4[C@@H]3CC[C@]3(C)[C@@H]([C@H](C)O[C@@H]5O[C@H](CO[C@@H]6O[C@H](CO)[C@@H](O)[C@H](O)[C@H]6O)[C@@H](O)[C@H](O)[C@H]5O)CC[C@]43O)C2)O[C@H](C)[C@@H]1O[C@@H]1O[C@H](CO)[C@@H](O)[C@H](O)[C@H]1O. The molecule has 0 radical (unpaired) electrons. The van der Waals surface area contributed by atoms with E-state index < -0.39 is 160 Å². The fraction of sp³-hybridized carbons (Fsp3) is 0.957. The summed E-state index contributed by atoms with van der Waals surface area (Å²) in [6, 6.07) is 0. The Hall–Kier alpha value is -1.14. The van der Waals surface area contributed by atoms with Crippen LogP contribution in [-0.2, 0) is 42.6 Å². The van der Waals surface area contributed by atoms with Crippen LogP contribution in [-0.4, -0.2) is 234 Å². The molecule has 68 heavy (non-hydrogen) atoms. The lowest BCUT2D eigenvalue weighted by atomic mass is 9.45. The second kappa shape index (κ2) is 20.6. The standard InChI is InChI=1S/C46H76O22/c1-18(62-41-35(56)33(54)30(51)27(67-41)17-61-40-34(55)31(52)28(49)25(15-47)65-40)22-10-13-46(59)24-7-6-20-14-21(8-11-44(20,3)23(24)9-12-45(22,46)4)64-43-37(58)39(60-5)38(19(2)63-43)68-42-36(57)32(53)29(50)26(16-48)66-42/h6,18-19,21-43,47-59H,7-17H2,1-5H3/t18-,19+,21-,22+,23-,24+,25+,26+,27+,28+,29+,30+,31-,32-,33-,34+,35+,36+,37+,38-,39+,40+,41+,42-,43-,44-,45+,46-/m0/s1. The van der Waals surface area contributed by atoms with Gasteiger partial charge in [0.05, 0.1) is 43.7 Å². The van der Waals surface area contributed by atoms with E-state index in [-0.39, 0.29) is 29.3 Å². The van der Waals surface area contributed by atoms with E-state index in [0.29, 0.717) is 38.5 Å². The number of aliphatic hydroxyl groups is 13. The van der Waals surface area contributed by atoms with Crippen molar-refractivity contribution in [1.82, 2.24) is 0 Å². The number of aliphatic hydroxyl groups excluding tert-OH is 12. The maximum Gasteiger partial charge on any atom is 0.187 e. The Morgan fingerprint density at radius 2 is 1.21 bits per heavy atom. The first-order valence-corrected chi connectivity index (χ1v) is 24.3. The van der Waals surface area contributed by atoms with Crippen molar-refractivity contribution in [3.63, 3.8) is 0 Å². The molecule has 0 spiro atoms. The maximum absolute atomic E-state index is 12.9. The molecule has 0 aromatic carbocycles. The Labute approximate surface area is 395 Å². The van der Waals surface area contributed by atoms with Crippen molar-refractivity contribution in [3.8, 4) is 0 Å². The number of hydrogen-bond donors (Lipinski definition) is 13. The average molecular weight is 981 g/mol. The minimum absolute atomic E-state index is 0.0606. The molecule has 0 aromatic rings. The van der Waals surface area contributed by atoms with Gasteiger partial charge in [-0.05, 0) is 88.4 Å². The van der Waals surface area contributed by atoms with Gasteiger partial charge in [0.25, 0.3) is 0 Å². The van der Waals surface area contributed by atoms with Crippen molar-refractivity contribution in [2.75, 3.05) is 26.9 Å². The van der Waals surface area contributed by atoms with Crippen molar-refractivity contribution in [1.29, 1.82) is 0 Å². The highest BCUT2D eigenvalue weighted by Crippen LogP contribution is 2.68. The van der Waals surface area contributed by atoms with Gasteiger partial charge in [0.1, 0.15) is 91.6 Å². The first-order valence-electron chi connectivity index (χ1n) is 24.3. The molecule has 8 rings (SSSR count). The van der Waals surface area contributed by atoms with Gasteiger partial charge in [-0.25, -0.2) is 0 Å². The molecule has 4 aliphatic heterocycles. The van der Waals surface area contributed by atoms with Crippen LogP contribution < -0.4 is 0 Å². The summed E-state index contributed by atoms with van der Waals surface area (Å²) in [6.45, 7) is 6.13. The first kappa shape index (κ1) is 53.2. The maximum atomic E-state index is 12.9. The van der Waals surface area contributed by atoms with E-state index in [4.69, 9.17) is 42.6 Å². The molecule has 28 atom stereocenters. The first-order chi connectivity index (χ1) is 32.1. The van der Waals surface area contributed by atoms with Gasteiger partial charge in [-0.1, -0.05) is 25.5 Å². The molecular weight excluding hydrogens is 904 g/mol. The van der Waals surface area contributed by atoms with Crippen LogP contribution in [0.3, 0.4) is 0 Å². The molecule has 22 heteroatoms. The quantitative estimate of drug-likeness (QED) is 0.0793. The van der Waals surface area contributed by atoms with Gasteiger partial charge in [-0.2, -0.15) is 0 Å². The van der Waals surface area contributed by atoms with Crippen molar-refractivity contribution in [2.45, 2.75) is 220 Å². The van der Waals surface area contributed by atoms with Crippen molar-refractivity contribution < 1.29 is 109 Å². The molecule has 8 aliphatic rings. The molecule has 22 nitrogen and oxygen atoms in total. The van der Waals surface area contributed by atoms with Crippen molar-refractivity contribution in [3.05, 3.63) is 11.6 Å². The number of fused-ring (bicyclic) bond motifs is 5. The smallest absolute Gasteiger partial charge is 0.187 e. The molecule has 0 bridgehead atoms. The van der Waals surface area contributed by atoms with Crippen LogP contribution in [0.1, 0.15) is 79.1 Å². The number of allylic oxidation sites excluding steroid dienone is 1. The second-order valence-corrected chi connectivity index (χ2v) is 21.2. The highest BCUT2D eigenvalue weighted by atomic mass is 16.8. The van der Waals surface area contributed by atoms with Crippen LogP contribution in [0.25, 0.3) is 0 Å². The molecule has 4 saturated heterocycles. The Morgan fingerprint density at radius 3 is 1.84 bits per heavy atom. The van der Waals surface area contributed by atoms with Gasteiger partial charge in [0.2, 0.25) is 0 Å². The van der Waals surface area contributed by atoms with Gasteiger partial charge in [0.15, 0.2) is 25.2 Å². The van der Waals surface area contributed by atoms with E-state index in [9.17, 15) is 66.4 Å². The van der Waals surface area contributed by atoms with Gasteiger partial charge in [-0.15, -0.1) is 0 Å². The van der Waals surface area contributed by atoms with Gasteiger partial charge in [-0.3, -0.25) is 0 Å². The summed E-state index contributed by atoms with van der Waals surface area (Å²) >= 11 is 0. The van der Waals surface area contributed by atoms with Crippen LogP contribution in [0, 0.1) is 28.6 Å². The molecule has 13 N–H and O–H groups in total.